The van der Waals surface area contributed by atoms with Crippen LogP contribution in [0, 0.1) is 20.0 Å². The van der Waals surface area contributed by atoms with Crippen LogP contribution in [-0.2, 0) is 5.41 Å². The monoisotopic (exact) mass is 354 g/mol. The maximum atomic E-state index is 4.47. The second-order valence-electron chi connectivity index (χ2n) is 8.16. The fourth-order valence-corrected chi connectivity index (χ4v) is 3.68. The Balaban J connectivity index is 1.93. The molecule has 0 saturated carbocycles. The van der Waals surface area contributed by atoms with Crippen LogP contribution in [0.4, 0.5) is 22.7 Å². The van der Waals surface area contributed by atoms with E-state index in [0.29, 0.717) is 0 Å². The number of aryl methyl sites for hydroxylation is 1. The van der Waals surface area contributed by atoms with Crippen molar-refractivity contribution in [3.05, 3.63) is 97.0 Å². The maximum absolute atomic E-state index is 4.47. The number of para-hydroxylation sites is 2. The van der Waals surface area contributed by atoms with E-state index < -0.39 is 0 Å². The first kappa shape index (κ1) is 17.7. The Morgan fingerprint density at radius 3 is 2.04 bits per heavy atom. The average Bonchev–Trinajstić information content (AvgIpc) is 2.93. The van der Waals surface area contributed by atoms with Crippen molar-refractivity contribution in [3.8, 4) is 0 Å². The topological polar surface area (TPSA) is 6.48 Å². The van der Waals surface area contributed by atoms with E-state index in [1.54, 1.807) is 0 Å². The van der Waals surface area contributed by atoms with Crippen molar-refractivity contribution in [2.45, 2.75) is 33.1 Å². The predicted octanol–water partition coefficient (Wildman–Crippen LogP) is 6.91. The summed E-state index contributed by atoms with van der Waals surface area (Å²) < 4.78 is 0. The quantitative estimate of drug-likeness (QED) is 0.493. The molecule has 0 atom stereocenters. The highest BCUT2D eigenvalue weighted by molar-refractivity contribution is 5.93. The molecule has 0 amide bonds. The second kappa shape index (κ2) is 6.45. The molecule has 2 heteroatoms. The molecule has 1 aliphatic rings. The summed E-state index contributed by atoms with van der Waals surface area (Å²) in [6, 6.07) is 25.7. The van der Waals surface area contributed by atoms with Crippen LogP contribution in [0.25, 0.3) is 0 Å². The van der Waals surface area contributed by atoms with Gasteiger partial charge in [0, 0.05) is 11.4 Å². The number of hydrogen-bond acceptors (Lipinski definition) is 2. The smallest absolute Gasteiger partial charge is 0.165 e. The summed E-state index contributed by atoms with van der Waals surface area (Å²) in [6.45, 7) is 13.4. The summed E-state index contributed by atoms with van der Waals surface area (Å²) in [5.41, 5.74) is 7.31. The number of rotatable bonds is 2. The zero-order valence-electron chi connectivity index (χ0n) is 16.5. The summed E-state index contributed by atoms with van der Waals surface area (Å²) in [7, 11) is 0. The first-order valence-electron chi connectivity index (χ1n) is 9.42. The zero-order chi connectivity index (χ0) is 19.2. The number of anilines is 4. The molecule has 0 fully saturated rings. The first-order chi connectivity index (χ1) is 12.9. The van der Waals surface area contributed by atoms with Gasteiger partial charge in [-0.15, -0.1) is 0 Å². The Morgan fingerprint density at radius 1 is 0.704 bits per heavy atom. The van der Waals surface area contributed by atoms with E-state index in [4.69, 9.17) is 0 Å². The highest BCUT2D eigenvalue weighted by Crippen LogP contribution is 2.52. The fourth-order valence-electron chi connectivity index (χ4n) is 3.68. The standard InChI is InChI=1S/C25H26N2/c1-18-11-9-10-14-22(18)27-19(2)26(21-12-7-6-8-13-21)23-16-15-20(17-24(23)27)25(3,4)5/h6-17H,2H2,1,3-5H3. The van der Waals surface area contributed by atoms with Gasteiger partial charge in [-0.3, -0.25) is 0 Å². The van der Waals surface area contributed by atoms with E-state index in [-0.39, 0.29) is 5.41 Å². The molecule has 1 aliphatic heterocycles. The highest BCUT2D eigenvalue weighted by atomic mass is 15.4. The van der Waals surface area contributed by atoms with Crippen molar-refractivity contribution >= 4 is 22.7 Å². The van der Waals surface area contributed by atoms with Crippen molar-refractivity contribution in [2.24, 2.45) is 0 Å². The van der Waals surface area contributed by atoms with Gasteiger partial charge < -0.3 is 9.80 Å². The maximum Gasteiger partial charge on any atom is 0.165 e. The molecule has 0 unspecified atom stereocenters. The molecule has 0 bridgehead atoms. The molecule has 2 nitrogen and oxygen atoms in total. The van der Waals surface area contributed by atoms with E-state index in [2.05, 4.69) is 111 Å². The van der Waals surface area contributed by atoms with Crippen LogP contribution in [0.5, 0.6) is 0 Å². The largest absolute Gasteiger partial charge is 0.312 e. The third-order valence-corrected chi connectivity index (χ3v) is 5.21. The minimum Gasteiger partial charge on any atom is -0.312 e. The summed E-state index contributed by atoms with van der Waals surface area (Å²) in [5.74, 6) is 0. The molecule has 0 saturated heterocycles. The van der Waals surface area contributed by atoms with Crippen LogP contribution in [0.2, 0.25) is 0 Å². The van der Waals surface area contributed by atoms with Gasteiger partial charge >= 0.3 is 0 Å². The van der Waals surface area contributed by atoms with E-state index in [0.717, 1.165) is 11.9 Å². The molecule has 2 radical (unpaired) electrons. The highest BCUT2D eigenvalue weighted by Gasteiger charge is 2.37. The lowest BCUT2D eigenvalue weighted by Crippen LogP contribution is -2.27. The van der Waals surface area contributed by atoms with Gasteiger partial charge in [0.25, 0.3) is 0 Å². The van der Waals surface area contributed by atoms with E-state index >= 15 is 0 Å². The molecule has 0 aromatic heterocycles. The number of benzene rings is 3. The lowest BCUT2D eigenvalue weighted by molar-refractivity contribution is 0.590. The zero-order valence-corrected chi connectivity index (χ0v) is 16.5. The van der Waals surface area contributed by atoms with Gasteiger partial charge in [0.1, 0.15) is 0 Å². The van der Waals surface area contributed by atoms with Crippen LogP contribution in [0.15, 0.2) is 72.8 Å². The molecule has 1 heterocycles. The van der Waals surface area contributed by atoms with Gasteiger partial charge in [-0.2, -0.15) is 0 Å². The van der Waals surface area contributed by atoms with Crippen molar-refractivity contribution in [1.29, 1.82) is 0 Å². The molecular formula is C25H26N2. The van der Waals surface area contributed by atoms with Crippen LogP contribution < -0.4 is 9.80 Å². The third kappa shape index (κ3) is 2.99. The molecule has 0 aliphatic carbocycles. The SMILES string of the molecule is [CH2][C]1N(c2ccccc2)c2ccc(C(C)(C)C)cc2N1c1ccccc1C. The normalized spacial score (nSPS) is 14.6. The Hall–Kier alpha value is -2.74. The van der Waals surface area contributed by atoms with Crippen molar-refractivity contribution in [3.63, 3.8) is 0 Å². The molecule has 0 N–H and O–H groups in total. The van der Waals surface area contributed by atoms with Gasteiger partial charge in [0.2, 0.25) is 0 Å². The first-order valence-corrected chi connectivity index (χ1v) is 9.42. The molecule has 3 aromatic rings. The summed E-state index contributed by atoms with van der Waals surface area (Å²) in [5, 5.41) is 0. The lowest BCUT2D eigenvalue weighted by atomic mass is 9.86. The number of hydrogen-bond donors (Lipinski definition) is 0. The van der Waals surface area contributed by atoms with E-state index in [9.17, 15) is 0 Å². The van der Waals surface area contributed by atoms with E-state index in [1.807, 2.05) is 6.07 Å². The van der Waals surface area contributed by atoms with Gasteiger partial charge in [0.05, 0.1) is 11.4 Å². The Kier molecular flexibility index (Phi) is 4.22. The molecule has 136 valence electrons. The van der Waals surface area contributed by atoms with Crippen LogP contribution in [-0.4, -0.2) is 0 Å². The van der Waals surface area contributed by atoms with Crippen LogP contribution in [0.3, 0.4) is 0 Å². The van der Waals surface area contributed by atoms with Crippen molar-refractivity contribution < 1.29 is 0 Å². The molecule has 0 spiro atoms. The van der Waals surface area contributed by atoms with Gasteiger partial charge in [-0.05, 0) is 60.7 Å². The van der Waals surface area contributed by atoms with Crippen LogP contribution in [0.1, 0.15) is 31.9 Å². The minimum atomic E-state index is 0.0912. The predicted molar refractivity (Wildman–Crippen MR) is 116 cm³/mol. The summed E-state index contributed by atoms with van der Waals surface area (Å²) >= 11 is 0. The third-order valence-electron chi connectivity index (χ3n) is 5.21. The molecule has 27 heavy (non-hydrogen) atoms. The molecular weight excluding hydrogens is 328 g/mol. The van der Waals surface area contributed by atoms with Crippen LogP contribution >= 0.6 is 0 Å². The molecule has 4 rings (SSSR count). The number of fused-ring (bicyclic) bond motifs is 1. The van der Waals surface area contributed by atoms with Crippen molar-refractivity contribution in [2.75, 3.05) is 9.80 Å². The summed E-state index contributed by atoms with van der Waals surface area (Å²) in [6.07, 6.45) is 0.955. The lowest BCUT2D eigenvalue weighted by Gasteiger charge is -2.29. The Morgan fingerprint density at radius 2 is 1.37 bits per heavy atom. The summed E-state index contributed by atoms with van der Waals surface area (Å²) in [4.78, 5) is 4.53. The average molecular weight is 354 g/mol. The van der Waals surface area contributed by atoms with Gasteiger partial charge in [-0.25, -0.2) is 0 Å². The van der Waals surface area contributed by atoms with Crippen molar-refractivity contribution in [1.82, 2.24) is 0 Å². The fraction of sp³-hybridized carbons (Fsp3) is 0.200. The van der Waals surface area contributed by atoms with Gasteiger partial charge in [0.15, 0.2) is 6.17 Å². The second-order valence-corrected chi connectivity index (χ2v) is 8.16. The number of nitrogens with zero attached hydrogens (tertiary/aromatic N) is 2. The minimum absolute atomic E-state index is 0.0912. The molecule has 3 aromatic carbocycles. The Labute approximate surface area is 163 Å². The van der Waals surface area contributed by atoms with E-state index in [1.165, 1.54) is 28.2 Å². The Bertz CT molecular complexity index is 954. The van der Waals surface area contributed by atoms with Gasteiger partial charge in [-0.1, -0.05) is 63.2 Å².